The van der Waals surface area contributed by atoms with Gasteiger partial charge in [0.15, 0.2) is 15.4 Å². The summed E-state index contributed by atoms with van der Waals surface area (Å²) in [5.41, 5.74) is 10.7. The average Bonchev–Trinajstić information content (AvgIpc) is 2.54. The number of primary amides is 1. The Morgan fingerprint density at radius 1 is 1.23 bits per heavy atom. The Bertz CT molecular complexity index is 674. The van der Waals surface area contributed by atoms with Crippen LogP contribution in [0.25, 0.3) is 0 Å². The molecule has 0 aliphatic carbocycles. The first-order valence-corrected chi connectivity index (χ1v) is 10.0. The number of carbonyl (C=O) groups excluding carboxylic acids is 3. The zero-order valence-corrected chi connectivity index (χ0v) is 16.6. The smallest absolute Gasteiger partial charge is 0.246 e. The molecule has 0 aromatic heterocycles. The van der Waals surface area contributed by atoms with Crippen molar-refractivity contribution in [1.29, 1.82) is 0 Å². The van der Waals surface area contributed by atoms with E-state index in [1.165, 1.54) is 0 Å². The van der Waals surface area contributed by atoms with E-state index >= 15 is 0 Å². The van der Waals surface area contributed by atoms with Gasteiger partial charge in [0.05, 0.1) is 11.0 Å². The van der Waals surface area contributed by atoms with Crippen LogP contribution in [0.3, 0.4) is 0 Å². The molecular formula is C15H27ClN4O5S. The Morgan fingerprint density at radius 3 is 2.15 bits per heavy atom. The van der Waals surface area contributed by atoms with Crippen LogP contribution < -0.4 is 16.9 Å². The van der Waals surface area contributed by atoms with Crippen molar-refractivity contribution in [3.8, 4) is 0 Å². The van der Waals surface area contributed by atoms with Crippen molar-refractivity contribution >= 4 is 45.6 Å². The molecule has 1 rings (SSSR count). The van der Waals surface area contributed by atoms with Crippen LogP contribution in [-0.2, 0) is 24.2 Å². The van der Waals surface area contributed by atoms with Crippen molar-refractivity contribution < 1.29 is 22.8 Å². The molecule has 0 bridgehead atoms. The number of hydrogen-bond donors (Lipinski definition) is 3. The number of rotatable bonds is 10. The normalized spacial score (nSPS) is 16.9. The maximum atomic E-state index is 12.7. The summed E-state index contributed by atoms with van der Waals surface area (Å²) in [6, 6.07) is 0. The standard InChI is InChI=1S/C15H26N4O5S.ClH/c1-3-5-10(6-4-2)25(23,24)9-15(17,14(16)22)13(21)11-7-8-12(20)19-18-11;/h10H,3-9,17H2,1-2H3,(H2,16,22)(H,19,20);1H/t15-;/m1./s1. The van der Waals surface area contributed by atoms with Crippen molar-refractivity contribution in [3.63, 3.8) is 0 Å². The lowest BCUT2D eigenvalue weighted by Gasteiger charge is -2.28. The van der Waals surface area contributed by atoms with E-state index in [-0.39, 0.29) is 36.9 Å². The highest BCUT2D eigenvalue weighted by atomic mass is 35.5. The summed E-state index contributed by atoms with van der Waals surface area (Å²) in [5.74, 6) is -3.44. The first-order valence-electron chi connectivity index (χ1n) is 8.29. The molecule has 0 fully saturated rings. The summed E-state index contributed by atoms with van der Waals surface area (Å²) in [5, 5.41) is 2.90. The van der Waals surface area contributed by atoms with Gasteiger partial charge in [-0.1, -0.05) is 26.7 Å². The quantitative estimate of drug-likeness (QED) is 0.422. The van der Waals surface area contributed by atoms with Crippen LogP contribution in [-0.4, -0.2) is 48.3 Å². The lowest BCUT2D eigenvalue weighted by atomic mass is 9.91. The molecule has 0 saturated heterocycles. The van der Waals surface area contributed by atoms with Crippen molar-refractivity contribution in [2.75, 3.05) is 5.75 Å². The molecule has 11 heteroatoms. The molecule has 1 aliphatic heterocycles. The Labute approximate surface area is 159 Å². The summed E-state index contributed by atoms with van der Waals surface area (Å²) in [4.78, 5) is 35.6. The van der Waals surface area contributed by atoms with Gasteiger partial charge in [0.2, 0.25) is 17.6 Å². The maximum absolute atomic E-state index is 12.7. The molecule has 2 amide bonds. The monoisotopic (exact) mass is 410 g/mol. The third-order valence-corrected chi connectivity index (χ3v) is 6.51. The number of nitrogens with zero attached hydrogens (tertiary/aromatic N) is 1. The van der Waals surface area contributed by atoms with Crippen LogP contribution in [0.15, 0.2) is 5.10 Å². The number of amides is 2. The fourth-order valence-corrected chi connectivity index (χ4v) is 5.06. The lowest BCUT2D eigenvalue weighted by Crippen LogP contribution is -2.65. The van der Waals surface area contributed by atoms with Gasteiger partial charge in [0, 0.05) is 12.8 Å². The van der Waals surface area contributed by atoms with Gasteiger partial charge in [-0.3, -0.25) is 14.4 Å². The Hall–Kier alpha value is -1.52. The number of nitrogens with one attached hydrogen (secondary N) is 1. The summed E-state index contributed by atoms with van der Waals surface area (Å²) in [7, 11) is -3.83. The van der Waals surface area contributed by atoms with Crippen LogP contribution in [0, 0.1) is 0 Å². The van der Waals surface area contributed by atoms with Gasteiger partial charge in [-0.05, 0) is 12.8 Å². The molecule has 26 heavy (non-hydrogen) atoms. The topological polar surface area (TPSA) is 162 Å². The molecule has 1 heterocycles. The van der Waals surface area contributed by atoms with Crippen LogP contribution in [0.1, 0.15) is 52.4 Å². The molecule has 1 aliphatic rings. The van der Waals surface area contributed by atoms with Gasteiger partial charge in [-0.2, -0.15) is 5.10 Å². The number of halogens is 1. The summed E-state index contributed by atoms with van der Waals surface area (Å²) < 4.78 is 25.4. The van der Waals surface area contributed by atoms with Crippen molar-refractivity contribution in [1.82, 2.24) is 5.43 Å². The predicted molar refractivity (Wildman–Crippen MR) is 101 cm³/mol. The molecular weight excluding hydrogens is 384 g/mol. The van der Waals surface area contributed by atoms with E-state index in [2.05, 4.69) is 10.5 Å². The lowest BCUT2D eigenvalue weighted by molar-refractivity contribution is -0.129. The molecule has 1 atom stereocenters. The Kier molecular flexibility index (Phi) is 9.40. The third kappa shape index (κ3) is 5.75. The van der Waals surface area contributed by atoms with Gasteiger partial charge < -0.3 is 11.5 Å². The van der Waals surface area contributed by atoms with Crippen molar-refractivity contribution in [2.45, 2.75) is 63.2 Å². The Balaban J connectivity index is 0.00000625. The summed E-state index contributed by atoms with van der Waals surface area (Å²) >= 11 is 0. The first kappa shape index (κ1) is 24.5. The van der Waals surface area contributed by atoms with Crippen LogP contribution in [0.5, 0.6) is 0 Å². The maximum Gasteiger partial charge on any atom is 0.246 e. The van der Waals surface area contributed by atoms with E-state index in [9.17, 15) is 22.8 Å². The number of hydrogen-bond acceptors (Lipinski definition) is 7. The van der Waals surface area contributed by atoms with Crippen LogP contribution in [0.4, 0.5) is 0 Å². The highest BCUT2D eigenvalue weighted by molar-refractivity contribution is 7.92. The van der Waals surface area contributed by atoms with E-state index in [1.54, 1.807) is 0 Å². The summed E-state index contributed by atoms with van der Waals surface area (Å²) in [6.07, 6.45) is 2.09. The largest absolute Gasteiger partial charge is 0.368 e. The minimum atomic E-state index is -3.83. The molecule has 0 aromatic carbocycles. The predicted octanol–water partition coefficient (Wildman–Crippen LogP) is -0.190. The van der Waals surface area contributed by atoms with Gasteiger partial charge in [-0.25, -0.2) is 13.8 Å². The van der Waals surface area contributed by atoms with Crippen molar-refractivity contribution in [3.05, 3.63) is 0 Å². The fourth-order valence-electron chi connectivity index (χ4n) is 2.73. The van der Waals surface area contributed by atoms with Crippen molar-refractivity contribution in [2.24, 2.45) is 16.6 Å². The first-order chi connectivity index (χ1) is 11.6. The second-order valence-corrected chi connectivity index (χ2v) is 8.55. The number of carbonyl (C=O) groups is 3. The number of ketones is 1. The second kappa shape index (κ2) is 9.98. The SMILES string of the molecule is CCCC(CCC)S(=O)(=O)C[C@](N)(C(N)=O)C(=O)C1=NNC(=O)CC1.Cl. The minimum Gasteiger partial charge on any atom is -0.368 e. The zero-order chi connectivity index (χ0) is 19.3. The molecule has 0 saturated carbocycles. The fraction of sp³-hybridized carbons (Fsp3) is 0.733. The van der Waals surface area contributed by atoms with Gasteiger partial charge in [0.1, 0.15) is 5.71 Å². The van der Waals surface area contributed by atoms with Crippen LogP contribution in [0.2, 0.25) is 0 Å². The highest BCUT2D eigenvalue weighted by Crippen LogP contribution is 2.21. The number of nitrogens with two attached hydrogens (primary N) is 2. The molecule has 150 valence electrons. The van der Waals surface area contributed by atoms with Gasteiger partial charge in [-0.15, -0.1) is 12.4 Å². The average molecular weight is 411 g/mol. The molecule has 5 N–H and O–H groups in total. The van der Waals surface area contributed by atoms with E-state index in [1.807, 2.05) is 13.8 Å². The molecule has 0 aromatic rings. The Morgan fingerprint density at radius 2 is 1.77 bits per heavy atom. The van der Waals surface area contributed by atoms with E-state index in [0.29, 0.717) is 25.7 Å². The second-order valence-electron chi connectivity index (χ2n) is 6.26. The molecule has 0 spiro atoms. The van der Waals surface area contributed by atoms with Crippen LogP contribution >= 0.6 is 12.4 Å². The molecule has 0 radical (unpaired) electrons. The van der Waals surface area contributed by atoms with E-state index < -0.39 is 38.1 Å². The van der Waals surface area contributed by atoms with Gasteiger partial charge >= 0.3 is 0 Å². The number of hydrazone groups is 1. The molecule has 0 unspecified atom stereocenters. The van der Waals surface area contributed by atoms with E-state index in [4.69, 9.17) is 11.5 Å². The third-order valence-electron chi connectivity index (χ3n) is 4.17. The number of sulfone groups is 1. The highest BCUT2D eigenvalue weighted by Gasteiger charge is 2.48. The number of Topliss-reactive ketones (excluding diaryl/α,β-unsaturated/α-hetero) is 1. The van der Waals surface area contributed by atoms with E-state index in [0.717, 1.165) is 0 Å². The molecule has 9 nitrogen and oxygen atoms in total. The zero-order valence-electron chi connectivity index (χ0n) is 15.0. The minimum absolute atomic E-state index is 0. The van der Waals surface area contributed by atoms with Gasteiger partial charge in [0.25, 0.3) is 0 Å². The summed E-state index contributed by atoms with van der Waals surface area (Å²) in [6.45, 7) is 3.71.